The number of benzene rings is 1. The van der Waals surface area contributed by atoms with Crippen LogP contribution in [0.5, 0.6) is 0 Å². The van der Waals surface area contributed by atoms with Crippen LogP contribution in [-0.2, 0) is 25.8 Å². The molecule has 1 aliphatic rings. The van der Waals surface area contributed by atoms with Crippen molar-refractivity contribution in [2.45, 2.75) is 38.3 Å². The molecule has 3 aromatic rings. The number of halogens is 1. The topological polar surface area (TPSA) is 46.9 Å². The van der Waals surface area contributed by atoms with E-state index in [1.54, 1.807) is 28.3 Å². The number of hydrogen-bond donors (Lipinski definition) is 1. The maximum atomic E-state index is 13.3. The van der Waals surface area contributed by atoms with Crippen molar-refractivity contribution in [1.29, 1.82) is 0 Å². The molecule has 1 aliphatic carbocycles. The van der Waals surface area contributed by atoms with Crippen LogP contribution in [0.15, 0.2) is 48.0 Å². The maximum Gasteiger partial charge on any atom is 0.262 e. The van der Waals surface area contributed by atoms with E-state index >= 15 is 0 Å². The van der Waals surface area contributed by atoms with E-state index in [-0.39, 0.29) is 11.4 Å². The van der Waals surface area contributed by atoms with Gasteiger partial charge in [-0.1, -0.05) is 18.2 Å². The smallest absolute Gasteiger partial charge is 0.262 e. The summed E-state index contributed by atoms with van der Waals surface area (Å²) < 4.78 is 15.0. The molecular formula is C21H22FN3OS. The van der Waals surface area contributed by atoms with E-state index in [0.717, 1.165) is 41.6 Å². The lowest BCUT2D eigenvalue weighted by atomic mass is 9.93. The zero-order chi connectivity index (χ0) is 18.8. The van der Waals surface area contributed by atoms with Crippen LogP contribution in [0.2, 0.25) is 0 Å². The van der Waals surface area contributed by atoms with Crippen molar-refractivity contribution in [3.8, 4) is 0 Å². The van der Waals surface area contributed by atoms with Gasteiger partial charge in [-0.3, -0.25) is 9.36 Å². The number of rotatable bonds is 6. The Bertz CT molecular complexity index is 1040. The summed E-state index contributed by atoms with van der Waals surface area (Å²) in [6.07, 6.45) is 6.95. The minimum atomic E-state index is -0.250. The van der Waals surface area contributed by atoms with Crippen molar-refractivity contribution >= 4 is 21.6 Å². The van der Waals surface area contributed by atoms with Crippen LogP contribution in [0.25, 0.3) is 10.2 Å². The molecule has 2 heterocycles. The second-order valence-corrected chi connectivity index (χ2v) is 8.03. The van der Waals surface area contributed by atoms with Crippen molar-refractivity contribution in [2.75, 3.05) is 6.54 Å². The Morgan fingerprint density at radius 1 is 1.44 bits per heavy atom. The van der Waals surface area contributed by atoms with Crippen LogP contribution in [-0.4, -0.2) is 22.1 Å². The molecule has 0 amide bonds. The van der Waals surface area contributed by atoms with Crippen molar-refractivity contribution in [3.63, 3.8) is 0 Å². The molecule has 0 saturated carbocycles. The van der Waals surface area contributed by atoms with Crippen LogP contribution in [0, 0.1) is 5.82 Å². The molecule has 1 atom stereocenters. The van der Waals surface area contributed by atoms with Gasteiger partial charge in [-0.05, 0) is 48.9 Å². The summed E-state index contributed by atoms with van der Waals surface area (Å²) in [7, 11) is 0. The van der Waals surface area contributed by atoms with Crippen LogP contribution >= 0.6 is 11.3 Å². The summed E-state index contributed by atoms with van der Waals surface area (Å²) in [5.41, 5.74) is 2.07. The van der Waals surface area contributed by atoms with Gasteiger partial charge in [0.15, 0.2) is 0 Å². The quantitative estimate of drug-likeness (QED) is 0.663. The normalized spacial score (nSPS) is 16.4. The molecular weight excluding hydrogens is 361 g/mol. The molecule has 0 saturated heterocycles. The highest BCUT2D eigenvalue weighted by Gasteiger charge is 2.24. The molecule has 27 heavy (non-hydrogen) atoms. The minimum absolute atomic E-state index is 0.0198. The van der Waals surface area contributed by atoms with E-state index in [2.05, 4.69) is 16.9 Å². The molecule has 6 heteroatoms. The Kier molecular flexibility index (Phi) is 5.18. The van der Waals surface area contributed by atoms with Crippen molar-refractivity contribution < 1.29 is 4.39 Å². The van der Waals surface area contributed by atoms with Gasteiger partial charge in [-0.25, -0.2) is 9.37 Å². The van der Waals surface area contributed by atoms with Gasteiger partial charge in [0.25, 0.3) is 5.56 Å². The third-order valence-electron chi connectivity index (χ3n) is 5.12. The number of thiophene rings is 1. The van der Waals surface area contributed by atoms with E-state index in [4.69, 9.17) is 0 Å². The molecule has 0 spiro atoms. The Morgan fingerprint density at radius 3 is 3.15 bits per heavy atom. The van der Waals surface area contributed by atoms with Crippen LogP contribution in [0.4, 0.5) is 4.39 Å². The Hall–Kier alpha value is -2.31. The van der Waals surface area contributed by atoms with Crippen LogP contribution < -0.4 is 10.9 Å². The fraction of sp³-hybridized carbons (Fsp3) is 0.333. The molecule has 2 aromatic heterocycles. The highest BCUT2D eigenvalue weighted by atomic mass is 32.1. The Morgan fingerprint density at radius 2 is 2.33 bits per heavy atom. The van der Waals surface area contributed by atoms with Gasteiger partial charge in [-0.2, -0.15) is 0 Å². The van der Waals surface area contributed by atoms with Crippen molar-refractivity contribution in [2.24, 2.45) is 0 Å². The lowest BCUT2D eigenvalue weighted by molar-refractivity contribution is 0.485. The molecule has 4 nitrogen and oxygen atoms in total. The lowest BCUT2D eigenvalue weighted by Gasteiger charge is -2.22. The van der Waals surface area contributed by atoms with Gasteiger partial charge in [0, 0.05) is 24.0 Å². The van der Waals surface area contributed by atoms with Gasteiger partial charge < -0.3 is 5.32 Å². The SMILES string of the molecule is C=CCNC1CCc2c(sc3ncn(CCc4cccc(F)c4)c(=O)c23)C1. The average molecular weight is 383 g/mol. The summed E-state index contributed by atoms with van der Waals surface area (Å²) in [4.78, 5) is 19.7. The Balaban J connectivity index is 1.59. The first-order chi connectivity index (χ1) is 13.2. The molecule has 0 fully saturated rings. The van der Waals surface area contributed by atoms with Gasteiger partial charge in [0.2, 0.25) is 0 Å². The third-order valence-corrected chi connectivity index (χ3v) is 6.28. The molecule has 1 aromatic carbocycles. The highest BCUT2D eigenvalue weighted by molar-refractivity contribution is 7.18. The standard InChI is InChI=1S/C21H22FN3OS/c1-2-9-23-16-6-7-17-18(12-16)27-20-19(17)21(26)25(13-24-20)10-8-14-4-3-5-15(22)11-14/h2-5,11,13,16,23H,1,6-10,12H2. The van der Waals surface area contributed by atoms with Gasteiger partial charge in [0.1, 0.15) is 10.6 Å². The average Bonchev–Trinajstić information content (AvgIpc) is 3.04. The number of aryl methyl sites for hydroxylation is 3. The first kappa shape index (κ1) is 18.1. The first-order valence-electron chi connectivity index (χ1n) is 9.24. The van der Waals surface area contributed by atoms with Gasteiger partial charge in [0.05, 0.1) is 11.7 Å². The van der Waals surface area contributed by atoms with Crippen molar-refractivity contribution in [1.82, 2.24) is 14.9 Å². The predicted molar refractivity (Wildman–Crippen MR) is 108 cm³/mol. The monoisotopic (exact) mass is 383 g/mol. The van der Waals surface area contributed by atoms with Crippen molar-refractivity contribution in [3.05, 3.63) is 75.4 Å². The largest absolute Gasteiger partial charge is 0.310 e. The van der Waals surface area contributed by atoms with E-state index < -0.39 is 0 Å². The summed E-state index contributed by atoms with van der Waals surface area (Å²) in [5, 5.41) is 4.26. The lowest BCUT2D eigenvalue weighted by Crippen LogP contribution is -2.34. The number of nitrogens with one attached hydrogen (secondary N) is 1. The fourth-order valence-electron chi connectivity index (χ4n) is 3.73. The van der Waals surface area contributed by atoms with E-state index in [1.807, 2.05) is 12.1 Å². The molecule has 0 bridgehead atoms. The number of hydrogen-bond acceptors (Lipinski definition) is 4. The molecule has 1 unspecified atom stereocenters. The summed E-state index contributed by atoms with van der Waals surface area (Å²) in [5.74, 6) is -0.250. The Labute approximate surface area is 161 Å². The zero-order valence-electron chi connectivity index (χ0n) is 15.1. The predicted octanol–water partition coefficient (Wildman–Crippen LogP) is 3.47. The number of nitrogens with zero attached hydrogens (tertiary/aromatic N) is 2. The zero-order valence-corrected chi connectivity index (χ0v) is 15.9. The first-order valence-corrected chi connectivity index (χ1v) is 10.1. The second kappa shape index (κ2) is 7.74. The third kappa shape index (κ3) is 3.73. The fourth-order valence-corrected chi connectivity index (χ4v) is 4.98. The maximum absolute atomic E-state index is 13.3. The van der Waals surface area contributed by atoms with E-state index in [9.17, 15) is 9.18 Å². The minimum Gasteiger partial charge on any atom is -0.310 e. The number of fused-ring (bicyclic) bond motifs is 3. The molecule has 4 rings (SSSR count). The van der Waals surface area contributed by atoms with E-state index in [1.165, 1.54) is 22.6 Å². The second-order valence-electron chi connectivity index (χ2n) is 6.94. The number of aromatic nitrogens is 2. The van der Waals surface area contributed by atoms with Gasteiger partial charge in [-0.15, -0.1) is 17.9 Å². The van der Waals surface area contributed by atoms with Crippen LogP contribution in [0.1, 0.15) is 22.4 Å². The highest BCUT2D eigenvalue weighted by Crippen LogP contribution is 2.33. The van der Waals surface area contributed by atoms with E-state index in [0.29, 0.717) is 19.0 Å². The molecule has 1 N–H and O–H groups in total. The summed E-state index contributed by atoms with van der Waals surface area (Å²) >= 11 is 1.64. The van der Waals surface area contributed by atoms with Gasteiger partial charge >= 0.3 is 0 Å². The summed E-state index contributed by atoms with van der Waals surface area (Å²) in [6, 6.07) is 6.95. The summed E-state index contributed by atoms with van der Waals surface area (Å²) in [6.45, 7) is 5.06. The molecule has 140 valence electrons. The molecule has 0 radical (unpaired) electrons. The molecule has 0 aliphatic heterocycles. The van der Waals surface area contributed by atoms with Crippen LogP contribution in [0.3, 0.4) is 0 Å².